The van der Waals surface area contributed by atoms with Crippen LogP contribution in [0.3, 0.4) is 0 Å². The number of nitrogens with two attached hydrogens (primary N) is 1. The number of rotatable bonds is 2. The Morgan fingerprint density at radius 2 is 2.29 bits per heavy atom. The van der Waals surface area contributed by atoms with Crippen molar-refractivity contribution in [1.29, 1.82) is 5.26 Å². The van der Waals surface area contributed by atoms with Gasteiger partial charge in [-0.15, -0.1) is 0 Å². The predicted molar refractivity (Wildman–Crippen MR) is 43.7 cm³/mol. The van der Waals surface area contributed by atoms with Gasteiger partial charge in [-0.05, 0) is 6.07 Å². The highest BCUT2D eigenvalue weighted by molar-refractivity contribution is 5.82. The van der Waals surface area contributed by atoms with E-state index < -0.39 is 17.7 Å². The van der Waals surface area contributed by atoms with Crippen LogP contribution in [0.4, 0.5) is 14.6 Å². The zero-order valence-corrected chi connectivity index (χ0v) is 6.87. The number of halogens is 2. The van der Waals surface area contributed by atoms with Crippen LogP contribution < -0.4 is 5.73 Å². The van der Waals surface area contributed by atoms with Crippen LogP contribution in [-0.2, 0) is 0 Å². The first kappa shape index (κ1) is 10.1. The molecule has 0 aliphatic heterocycles. The molecular weight excluding hydrogens is 192 g/mol. The molecule has 6 heteroatoms. The number of nitrogen functional groups attached to an aromatic ring is 1. The maximum atomic E-state index is 12.3. The van der Waals surface area contributed by atoms with E-state index in [-0.39, 0.29) is 11.4 Å². The van der Waals surface area contributed by atoms with Crippen molar-refractivity contribution in [3.05, 3.63) is 22.9 Å². The number of alkyl halides is 2. The molecule has 0 aromatic carbocycles. The Balaban J connectivity index is 3.41. The molecule has 1 heterocycles. The van der Waals surface area contributed by atoms with Crippen molar-refractivity contribution in [3.63, 3.8) is 0 Å². The van der Waals surface area contributed by atoms with E-state index >= 15 is 0 Å². The number of aldehydes is 1. The van der Waals surface area contributed by atoms with Crippen molar-refractivity contribution in [1.82, 2.24) is 4.98 Å². The second-order valence-corrected chi connectivity index (χ2v) is 2.43. The van der Waals surface area contributed by atoms with Gasteiger partial charge in [0.2, 0.25) is 0 Å². The molecule has 1 aromatic heterocycles. The van der Waals surface area contributed by atoms with Gasteiger partial charge in [0, 0.05) is 0 Å². The van der Waals surface area contributed by atoms with Gasteiger partial charge in [-0.3, -0.25) is 4.79 Å². The van der Waals surface area contributed by atoms with E-state index in [0.717, 1.165) is 6.07 Å². The summed E-state index contributed by atoms with van der Waals surface area (Å²) in [6.45, 7) is 0. The second kappa shape index (κ2) is 3.79. The molecule has 0 saturated heterocycles. The average molecular weight is 197 g/mol. The van der Waals surface area contributed by atoms with Gasteiger partial charge in [0.1, 0.15) is 11.9 Å². The van der Waals surface area contributed by atoms with Crippen LogP contribution in [-0.4, -0.2) is 11.3 Å². The lowest BCUT2D eigenvalue weighted by Gasteiger charge is -2.04. The predicted octanol–water partition coefficient (Wildman–Crippen LogP) is 1.29. The summed E-state index contributed by atoms with van der Waals surface area (Å²) in [5.74, 6) is -0.221. The van der Waals surface area contributed by atoms with Crippen molar-refractivity contribution >= 4 is 12.1 Å². The number of nitriles is 1. The fourth-order valence-electron chi connectivity index (χ4n) is 0.910. The highest BCUT2D eigenvalue weighted by Gasteiger charge is 2.16. The number of anilines is 1. The Hall–Kier alpha value is -2.03. The monoisotopic (exact) mass is 197 g/mol. The van der Waals surface area contributed by atoms with Gasteiger partial charge in [0.25, 0.3) is 6.43 Å². The summed E-state index contributed by atoms with van der Waals surface area (Å²) in [5.41, 5.74) is 4.06. The molecule has 0 atom stereocenters. The number of nitrogens with zero attached hydrogens (tertiary/aromatic N) is 2. The molecule has 2 N–H and O–H groups in total. The Kier molecular flexibility index (Phi) is 2.72. The van der Waals surface area contributed by atoms with Crippen molar-refractivity contribution in [2.45, 2.75) is 6.43 Å². The quantitative estimate of drug-likeness (QED) is 0.724. The summed E-state index contributed by atoms with van der Waals surface area (Å²) in [7, 11) is 0. The second-order valence-electron chi connectivity index (χ2n) is 2.43. The van der Waals surface area contributed by atoms with Crippen molar-refractivity contribution in [2.75, 3.05) is 5.73 Å². The third-order valence-corrected chi connectivity index (χ3v) is 1.58. The summed E-state index contributed by atoms with van der Waals surface area (Å²) < 4.78 is 24.6. The van der Waals surface area contributed by atoms with Crippen LogP contribution in [0.2, 0.25) is 0 Å². The van der Waals surface area contributed by atoms with Crippen LogP contribution in [0.15, 0.2) is 6.07 Å². The van der Waals surface area contributed by atoms with Crippen LogP contribution >= 0.6 is 0 Å². The lowest BCUT2D eigenvalue weighted by molar-refractivity contribution is 0.112. The van der Waals surface area contributed by atoms with E-state index in [1.165, 1.54) is 6.07 Å². The molecule has 0 amide bonds. The fourth-order valence-corrected chi connectivity index (χ4v) is 0.910. The average Bonchev–Trinajstić information content (AvgIpc) is 2.16. The summed E-state index contributed by atoms with van der Waals surface area (Å²) in [6.07, 6.45) is -2.54. The van der Waals surface area contributed by atoms with Gasteiger partial charge in [-0.2, -0.15) is 5.26 Å². The smallest absolute Gasteiger partial charge is 0.266 e. The summed E-state index contributed by atoms with van der Waals surface area (Å²) in [6, 6.07) is 2.36. The summed E-state index contributed by atoms with van der Waals surface area (Å²) in [5, 5.41) is 8.47. The maximum Gasteiger partial charge on any atom is 0.266 e. The SMILES string of the molecule is N#Cc1nc(N)c(C=O)cc1C(F)F. The Morgan fingerprint density at radius 1 is 1.64 bits per heavy atom. The first-order chi connectivity index (χ1) is 6.60. The molecule has 0 bridgehead atoms. The minimum Gasteiger partial charge on any atom is -0.383 e. The highest BCUT2D eigenvalue weighted by atomic mass is 19.3. The molecule has 0 spiro atoms. The number of carbonyl (C=O) groups excluding carboxylic acids is 1. The molecule has 0 saturated carbocycles. The van der Waals surface area contributed by atoms with Gasteiger partial charge in [0.15, 0.2) is 12.0 Å². The first-order valence-electron chi connectivity index (χ1n) is 3.54. The fraction of sp³-hybridized carbons (Fsp3) is 0.125. The number of hydrogen-bond donors (Lipinski definition) is 1. The van der Waals surface area contributed by atoms with Gasteiger partial charge < -0.3 is 5.73 Å². The minimum absolute atomic E-state index is 0.140. The van der Waals surface area contributed by atoms with E-state index in [9.17, 15) is 13.6 Å². The number of aromatic nitrogens is 1. The molecule has 0 aliphatic carbocycles. The minimum atomic E-state index is -2.85. The molecule has 4 nitrogen and oxygen atoms in total. The summed E-state index contributed by atoms with van der Waals surface area (Å²) in [4.78, 5) is 13.7. The zero-order valence-electron chi connectivity index (χ0n) is 6.87. The summed E-state index contributed by atoms with van der Waals surface area (Å²) >= 11 is 0. The van der Waals surface area contributed by atoms with Crippen LogP contribution in [0.1, 0.15) is 28.0 Å². The van der Waals surface area contributed by atoms with Gasteiger partial charge in [-0.25, -0.2) is 13.8 Å². The third kappa shape index (κ3) is 1.66. The lowest BCUT2D eigenvalue weighted by atomic mass is 10.1. The number of hydrogen-bond acceptors (Lipinski definition) is 4. The molecule has 0 fully saturated rings. The molecular formula is C8H5F2N3O. The van der Waals surface area contributed by atoms with E-state index in [4.69, 9.17) is 11.0 Å². The Morgan fingerprint density at radius 3 is 2.71 bits per heavy atom. The molecule has 0 aliphatic rings. The largest absolute Gasteiger partial charge is 0.383 e. The lowest BCUT2D eigenvalue weighted by Crippen LogP contribution is -2.03. The van der Waals surface area contributed by atoms with E-state index in [2.05, 4.69) is 4.98 Å². The first-order valence-corrected chi connectivity index (χ1v) is 3.54. The van der Waals surface area contributed by atoms with E-state index in [1.54, 1.807) is 0 Å². The molecule has 1 rings (SSSR count). The van der Waals surface area contributed by atoms with Gasteiger partial charge in [-0.1, -0.05) is 0 Å². The third-order valence-electron chi connectivity index (χ3n) is 1.58. The standard InChI is InChI=1S/C8H5F2N3O/c9-7(10)5-1-4(3-14)8(12)13-6(5)2-11/h1,3,7H,(H2,12,13). The zero-order chi connectivity index (χ0) is 10.7. The van der Waals surface area contributed by atoms with Gasteiger partial charge in [0.05, 0.1) is 11.1 Å². The van der Waals surface area contributed by atoms with Crippen LogP contribution in [0.25, 0.3) is 0 Å². The molecule has 0 unspecified atom stereocenters. The normalized spacial score (nSPS) is 9.86. The van der Waals surface area contributed by atoms with Crippen LogP contribution in [0, 0.1) is 11.3 Å². The molecule has 72 valence electrons. The number of pyridine rings is 1. The molecule has 14 heavy (non-hydrogen) atoms. The van der Waals surface area contributed by atoms with E-state index in [0.29, 0.717) is 6.29 Å². The topological polar surface area (TPSA) is 79.8 Å². The van der Waals surface area contributed by atoms with Crippen molar-refractivity contribution in [3.8, 4) is 6.07 Å². The maximum absolute atomic E-state index is 12.3. The van der Waals surface area contributed by atoms with Crippen molar-refractivity contribution in [2.24, 2.45) is 0 Å². The van der Waals surface area contributed by atoms with Crippen LogP contribution in [0.5, 0.6) is 0 Å². The Labute approximate surface area is 78.0 Å². The molecule has 1 aromatic rings. The highest BCUT2D eigenvalue weighted by Crippen LogP contribution is 2.23. The van der Waals surface area contributed by atoms with Crippen molar-refractivity contribution < 1.29 is 13.6 Å². The van der Waals surface area contributed by atoms with Gasteiger partial charge >= 0.3 is 0 Å². The molecule has 0 radical (unpaired) electrons. The Bertz CT molecular complexity index is 412. The number of carbonyl (C=O) groups is 1. The van der Waals surface area contributed by atoms with E-state index in [1.807, 2.05) is 0 Å².